The number of benzene rings is 1. The predicted molar refractivity (Wildman–Crippen MR) is 80.3 cm³/mol. The van der Waals surface area contributed by atoms with Crippen molar-refractivity contribution >= 4 is 0 Å². The molecule has 2 nitrogen and oxygen atoms in total. The van der Waals surface area contributed by atoms with Gasteiger partial charge in [0.05, 0.1) is 5.60 Å². The van der Waals surface area contributed by atoms with Gasteiger partial charge in [0.25, 0.3) is 0 Å². The highest BCUT2D eigenvalue weighted by Gasteiger charge is 2.30. The first-order chi connectivity index (χ1) is 9.13. The Morgan fingerprint density at radius 2 is 1.84 bits per heavy atom. The molecule has 2 rings (SSSR count). The normalized spacial score (nSPS) is 19.5. The highest BCUT2D eigenvalue weighted by Crippen LogP contribution is 2.29. The maximum atomic E-state index is 10.3. The van der Waals surface area contributed by atoms with E-state index in [0.29, 0.717) is 12.6 Å². The Kier molecular flexibility index (Phi) is 5.00. The van der Waals surface area contributed by atoms with E-state index in [1.807, 2.05) is 0 Å². The van der Waals surface area contributed by atoms with Crippen molar-refractivity contribution in [3.05, 3.63) is 35.4 Å². The molecule has 1 aliphatic carbocycles. The first-order valence-electron chi connectivity index (χ1n) is 7.67. The van der Waals surface area contributed by atoms with E-state index in [-0.39, 0.29) is 0 Å². The van der Waals surface area contributed by atoms with E-state index in [1.54, 1.807) is 0 Å². The van der Waals surface area contributed by atoms with E-state index >= 15 is 0 Å². The van der Waals surface area contributed by atoms with Crippen LogP contribution >= 0.6 is 0 Å². The molecular formula is C17H27NO. The number of aliphatic hydroxyl groups is 1. The van der Waals surface area contributed by atoms with Crippen LogP contribution in [0.4, 0.5) is 0 Å². The van der Waals surface area contributed by atoms with Gasteiger partial charge in [0.1, 0.15) is 0 Å². The molecule has 0 bridgehead atoms. The second-order valence-electron chi connectivity index (χ2n) is 6.03. The number of hydrogen-bond acceptors (Lipinski definition) is 2. The third kappa shape index (κ3) is 4.05. The van der Waals surface area contributed by atoms with Gasteiger partial charge in [-0.05, 0) is 37.3 Å². The van der Waals surface area contributed by atoms with Crippen molar-refractivity contribution in [1.29, 1.82) is 0 Å². The summed E-state index contributed by atoms with van der Waals surface area (Å²) in [7, 11) is 0. The second-order valence-corrected chi connectivity index (χ2v) is 6.03. The fourth-order valence-corrected chi connectivity index (χ4v) is 2.93. The summed E-state index contributed by atoms with van der Waals surface area (Å²) in [4.78, 5) is 0. The molecule has 0 heterocycles. The highest BCUT2D eigenvalue weighted by atomic mass is 16.3. The monoisotopic (exact) mass is 261 g/mol. The zero-order valence-electron chi connectivity index (χ0n) is 12.3. The summed E-state index contributed by atoms with van der Waals surface area (Å²) < 4.78 is 0. The Morgan fingerprint density at radius 1 is 1.21 bits per heavy atom. The molecule has 2 heteroatoms. The van der Waals surface area contributed by atoms with Gasteiger partial charge in [-0.2, -0.15) is 0 Å². The van der Waals surface area contributed by atoms with Gasteiger partial charge in [-0.1, -0.05) is 50.5 Å². The largest absolute Gasteiger partial charge is 0.389 e. The smallest absolute Gasteiger partial charge is 0.0771 e. The lowest BCUT2D eigenvalue weighted by Crippen LogP contribution is -2.39. The van der Waals surface area contributed by atoms with Gasteiger partial charge in [-0.25, -0.2) is 0 Å². The predicted octanol–water partition coefficient (Wildman–Crippen LogP) is 3.59. The molecule has 0 saturated heterocycles. The highest BCUT2D eigenvalue weighted by molar-refractivity contribution is 5.24. The molecule has 106 valence electrons. The summed E-state index contributed by atoms with van der Waals surface area (Å²) in [5.74, 6) is 0. The van der Waals surface area contributed by atoms with E-state index in [2.05, 4.69) is 43.4 Å². The summed E-state index contributed by atoms with van der Waals surface area (Å²) in [6.45, 7) is 5.10. The fourth-order valence-electron chi connectivity index (χ4n) is 2.93. The summed E-state index contributed by atoms with van der Waals surface area (Å²) in [6.07, 6.45) is 6.57. The van der Waals surface area contributed by atoms with Crippen LogP contribution < -0.4 is 5.32 Å². The third-order valence-electron chi connectivity index (χ3n) is 4.29. The van der Waals surface area contributed by atoms with Crippen LogP contribution in [-0.2, 0) is 6.42 Å². The topological polar surface area (TPSA) is 32.3 Å². The van der Waals surface area contributed by atoms with E-state index in [4.69, 9.17) is 0 Å². The van der Waals surface area contributed by atoms with Crippen LogP contribution in [0.1, 0.15) is 63.1 Å². The molecule has 1 saturated carbocycles. The van der Waals surface area contributed by atoms with Crippen LogP contribution in [-0.4, -0.2) is 17.3 Å². The molecular weight excluding hydrogens is 234 g/mol. The van der Waals surface area contributed by atoms with Crippen molar-refractivity contribution in [2.24, 2.45) is 0 Å². The lowest BCUT2D eigenvalue weighted by Gasteiger charge is -2.25. The van der Waals surface area contributed by atoms with Crippen molar-refractivity contribution in [1.82, 2.24) is 5.32 Å². The standard InChI is InChI=1S/C17H27NO/c1-3-6-15-7-9-16(10-8-15)14(2)18-13-17(19)11-4-5-12-17/h7-10,14,18-19H,3-6,11-13H2,1-2H3. The summed E-state index contributed by atoms with van der Waals surface area (Å²) in [5, 5.41) is 13.8. The van der Waals surface area contributed by atoms with Crippen LogP contribution in [0.15, 0.2) is 24.3 Å². The minimum atomic E-state index is -0.462. The molecule has 0 amide bonds. The summed E-state index contributed by atoms with van der Waals surface area (Å²) in [6, 6.07) is 9.17. The van der Waals surface area contributed by atoms with Crippen LogP contribution in [0.5, 0.6) is 0 Å². The van der Waals surface area contributed by atoms with Crippen molar-refractivity contribution in [3.8, 4) is 0 Å². The molecule has 1 aliphatic rings. The van der Waals surface area contributed by atoms with Crippen molar-refractivity contribution in [2.45, 2.75) is 64.0 Å². The van der Waals surface area contributed by atoms with E-state index in [1.165, 1.54) is 17.5 Å². The Hall–Kier alpha value is -0.860. The van der Waals surface area contributed by atoms with Gasteiger partial charge >= 0.3 is 0 Å². The molecule has 19 heavy (non-hydrogen) atoms. The summed E-state index contributed by atoms with van der Waals surface area (Å²) >= 11 is 0. The molecule has 1 aromatic carbocycles. The van der Waals surface area contributed by atoms with Gasteiger partial charge in [0, 0.05) is 12.6 Å². The van der Waals surface area contributed by atoms with Gasteiger partial charge < -0.3 is 10.4 Å². The minimum Gasteiger partial charge on any atom is -0.389 e. The number of hydrogen-bond donors (Lipinski definition) is 2. The van der Waals surface area contributed by atoms with Gasteiger partial charge in [0.2, 0.25) is 0 Å². The maximum Gasteiger partial charge on any atom is 0.0771 e. The molecule has 0 spiro atoms. The van der Waals surface area contributed by atoms with Crippen LogP contribution in [0.25, 0.3) is 0 Å². The molecule has 2 N–H and O–H groups in total. The number of aryl methyl sites for hydroxylation is 1. The van der Waals surface area contributed by atoms with Gasteiger partial charge in [-0.15, -0.1) is 0 Å². The first-order valence-corrected chi connectivity index (χ1v) is 7.67. The first kappa shape index (κ1) is 14.5. The summed E-state index contributed by atoms with van der Waals surface area (Å²) in [5.41, 5.74) is 2.26. The lowest BCUT2D eigenvalue weighted by atomic mass is 10.0. The van der Waals surface area contributed by atoms with Gasteiger partial charge in [-0.3, -0.25) is 0 Å². The zero-order chi connectivity index (χ0) is 13.7. The quantitative estimate of drug-likeness (QED) is 0.820. The van der Waals surface area contributed by atoms with E-state index in [9.17, 15) is 5.11 Å². The van der Waals surface area contributed by atoms with Crippen LogP contribution in [0.2, 0.25) is 0 Å². The zero-order valence-corrected chi connectivity index (χ0v) is 12.3. The Labute approximate surface area is 117 Å². The van der Waals surface area contributed by atoms with E-state index < -0.39 is 5.60 Å². The average Bonchev–Trinajstić information content (AvgIpc) is 2.85. The second kappa shape index (κ2) is 6.53. The Morgan fingerprint density at radius 3 is 2.42 bits per heavy atom. The van der Waals surface area contributed by atoms with Crippen LogP contribution in [0.3, 0.4) is 0 Å². The number of nitrogens with one attached hydrogen (secondary N) is 1. The molecule has 1 unspecified atom stereocenters. The SMILES string of the molecule is CCCc1ccc(C(C)NCC2(O)CCCC2)cc1. The average molecular weight is 261 g/mol. The fraction of sp³-hybridized carbons (Fsp3) is 0.647. The van der Waals surface area contributed by atoms with Gasteiger partial charge in [0.15, 0.2) is 0 Å². The molecule has 0 aromatic heterocycles. The maximum absolute atomic E-state index is 10.3. The Bertz CT molecular complexity index is 379. The Balaban J connectivity index is 1.86. The lowest BCUT2D eigenvalue weighted by molar-refractivity contribution is 0.0453. The molecule has 1 aromatic rings. The van der Waals surface area contributed by atoms with E-state index in [0.717, 1.165) is 32.1 Å². The minimum absolute atomic E-state index is 0.306. The van der Waals surface area contributed by atoms with Crippen molar-refractivity contribution < 1.29 is 5.11 Å². The molecule has 1 atom stereocenters. The van der Waals surface area contributed by atoms with Crippen LogP contribution in [0, 0.1) is 0 Å². The third-order valence-corrected chi connectivity index (χ3v) is 4.29. The number of rotatable bonds is 6. The molecule has 0 radical (unpaired) electrons. The molecule has 0 aliphatic heterocycles. The van der Waals surface area contributed by atoms with Crippen molar-refractivity contribution in [2.75, 3.05) is 6.54 Å². The van der Waals surface area contributed by atoms with Crippen molar-refractivity contribution in [3.63, 3.8) is 0 Å². The molecule has 1 fully saturated rings.